The Bertz CT molecular complexity index is 802. The van der Waals surface area contributed by atoms with E-state index in [1.165, 1.54) is 0 Å². The number of hydrogen-bond acceptors (Lipinski definition) is 4. The van der Waals surface area contributed by atoms with Crippen LogP contribution in [0.25, 0.3) is 11.0 Å². The van der Waals surface area contributed by atoms with Gasteiger partial charge in [0.25, 0.3) is 5.69 Å². The summed E-state index contributed by atoms with van der Waals surface area (Å²) in [4.78, 5) is 25.7. The zero-order chi connectivity index (χ0) is 16.6. The summed E-state index contributed by atoms with van der Waals surface area (Å²) in [7, 11) is 0. The molecule has 1 saturated heterocycles. The SMILES string of the molecule is CCn1c(=O)n(CC)c2cc([N+](=O)[O-])c(N3CC[NH2+]CC3)cc21. The molecule has 0 atom stereocenters. The Morgan fingerprint density at radius 1 is 1.13 bits per heavy atom. The molecule has 0 amide bonds. The van der Waals surface area contributed by atoms with Crippen LogP contribution in [-0.4, -0.2) is 40.2 Å². The second kappa shape index (κ2) is 6.04. The molecule has 1 aromatic heterocycles. The number of anilines is 1. The third-order valence-corrected chi connectivity index (χ3v) is 4.49. The first-order chi connectivity index (χ1) is 11.1. The topological polar surface area (TPSA) is 89.9 Å². The zero-order valence-electron chi connectivity index (χ0n) is 13.5. The Morgan fingerprint density at radius 3 is 2.22 bits per heavy atom. The first kappa shape index (κ1) is 15.5. The van der Waals surface area contributed by atoms with Crippen molar-refractivity contribution in [1.82, 2.24) is 9.13 Å². The second-order valence-corrected chi connectivity index (χ2v) is 5.71. The number of quaternary nitrogens is 1. The highest BCUT2D eigenvalue weighted by molar-refractivity contribution is 5.86. The highest BCUT2D eigenvalue weighted by Gasteiger charge is 2.25. The Morgan fingerprint density at radius 2 is 1.70 bits per heavy atom. The second-order valence-electron chi connectivity index (χ2n) is 5.71. The first-order valence-corrected chi connectivity index (χ1v) is 8.06. The summed E-state index contributed by atoms with van der Waals surface area (Å²) < 4.78 is 3.28. The molecule has 2 N–H and O–H groups in total. The number of aromatic nitrogens is 2. The van der Waals surface area contributed by atoms with Crippen molar-refractivity contribution in [3.05, 3.63) is 32.7 Å². The molecule has 0 radical (unpaired) electrons. The minimum Gasteiger partial charge on any atom is -0.355 e. The maximum absolute atomic E-state index is 12.5. The average Bonchev–Trinajstić information content (AvgIpc) is 2.84. The van der Waals surface area contributed by atoms with E-state index in [4.69, 9.17) is 0 Å². The van der Waals surface area contributed by atoms with E-state index in [-0.39, 0.29) is 16.3 Å². The van der Waals surface area contributed by atoms with Crippen LogP contribution in [-0.2, 0) is 13.1 Å². The minimum atomic E-state index is -0.346. The monoisotopic (exact) mass is 320 g/mol. The fourth-order valence-electron chi connectivity index (χ4n) is 3.34. The van der Waals surface area contributed by atoms with Crippen molar-refractivity contribution < 1.29 is 10.2 Å². The molecule has 0 spiro atoms. The van der Waals surface area contributed by atoms with Gasteiger partial charge in [0.1, 0.15) is 5.69 Å². The molecule has 2 heterocycles. The summed E-state index contributed by atoms with van der Waals surface area (Å²) >= 11 is 0. The van der Waals surface area contributed by atoms with Crippen molar-refractivity contribution in [3.63, 3.8) is 0 Å². The number of fused-ring (bicyclic) bond motifs is 1. The number of imidazole rings is 1. The molecule has 23 heavy (non-hydrogen) atoms. The number of nitro benzene ring substituents is 1. The largest absolute Gasteiger partial charge is 0.355 e. The lowest BCUT2D eigenvalue weighted by Crippen LogP contribution is -2.89. The van der Waals surface area contributed by atoms with E-state index >= 15 is 0 Å². The summed E-state index contributed by atoms with van der Waals surface area (Å²) in [5.74, 6) is 0. The van der Waals surface area contributed by atoms with E-state index in [0.717, 1.165) is 31.7 Å². The summed E-state index contributed by atoms with van der Waals surface area (Å²) in [6.07, 6.45) is 0. The molecule has 0 saturated carbocycles. The summed E-state index contributed by atoms with van der Waals surface area (Å²) in [5, 5.41) is 13.8. The lowest BCUT2D eigenvalue weighted by Gasteiger charge is -2.27. The van der Waals surface area contributed by atoms with Crippen LogP contribution in [0.3, 0.4) is 0 Å². The van der Waals surface area contributed by atoms with E-state index in [2.05, 4.69) is 5.32 Å². The van der Waals surface area contributed by atoms with E-state index in [9.17, 15) is 14.9 Å². The minimum absolute atomic E-state index is 0.0786. The van der Waals surface area contributed by atoms with Gasteiger partial charge in [-0.05, 0) is 19.9 Å². The quantitative estimate of drug-likeness (QED) is 0.641. The molecule has 2 aromatic rings. The summed E-state index contributed by atoms with van der Waals surface area (Å²) in [5.41, 5.74) is 2.00. The number of benzene rings is 1. The van der Waals surface area contributed by atoms with Gasteiger partial charge in [-0.3, -0.25) is 19.2 Å². The molecule has 8 nitrogen and oxygen atoms in total. The summed E-state index contributed by atoms with van der Waals surface area (Å²) in [6.45, 7) is 8.23. The number of nitrogens with two attached hydrogens (primary N) is 1. The summed E-state index contributed by atoms with van der Waals surface area (Å²) in [6, 6.07) is 3.37. The van der Waals surface area contributed by atoms with Gasteiger partial charge in [0.15, 0.2) is 0 Å². The molecule has 3 rings (SSSR count). The highest BCUT2D eigenvalue weighted by atomic mass is 16.6. The van der Waals surface area contributed by atoms with E-state index in [1.54, 1.807) is 15.2 Å². The van der Waals surface area contributed by atoms with Crippen molar-refractivity contribution in [2.45, 2.75) is 26.9 Å². The van der Waals surface area contributed by atoms with Gasteiger partial charge in [0.2, 0.25) is 0 Å². The fourth-order valence-corrected chi connectivity index (χ4v) is 3.34. The van der Waals surface area contributed by atoms with Gasteiger partial charge < -0.3 is 10.2 Å². The Labute approximate surface area is 133 Å². The van der Waals surface area contributed by atoms with E-state index in [1.807, 2.05) is 24.8 Å². The standard InChI is InChI=1S/C15H21N5O3/c1-3-18-12-9-11(17-7-5-16-6-8-17)14(20(22)23)10-13(12)19(4-2)15(18)21/h9-10,16H,3-8H2,1-2H3/p+1. The van der Waals surface area contributed by atoms with Gasteiger partial charge in [0.05, 0.1) is 42.1 Å². The molecular weight excluding hydrogens is 298 g/mol. The van der Waals surface area contributed by atoms with Crippen LogP contribution >= 0.6 is 0 Å². The number of piperazine rings is 1. The zero-order valence-corrected chi connectivity index (χ0v) is 13.5. The number of nitro groups is 1. The van der Waals surface area contributed by atoms with E-state index < -0.39 is 0 Å². The molecule has 1 aliphatic rings. The predicted molar refractivity (Wildman–Crippen MR) is 88.1 cm³/mol. The van der Waals surface area contributed by atoms with Gasteiger partial charge in [0, 0.05) is 19.2 Å². The van der Waals surface area contributed by atoms with Crippen molar-refractivity contribution >= 4 is 22.4 Å². The number of nitrogens with zero attached hydrogens (tertiary/aromatic N) is 4. The third-order valence-electron chi connectivity index (χ3n) is 4.49. The van der Waals surface area contributed by atoms with Gasteiger partial charge in [-0.1, -0.05) is 0 Å². The molecular formula is C15H22N5O3+. The van der Waals surface area contributed by atoms with Crippen LogP contribution in [0.5, 0.6) is 0 Å². The third kappa shape index (κ3) is 2.48. The van der Waals surface area contributed by atoms with Crippen molar-refractivity contribution in [3.8, 4) is 0 Å². The Balaban J connectivity index is 2.28. The lowest BCUT2D eigenvalue weighted by molar-refractivity contribution is -0.655. The lowest BCUT2D eigenvalue weighted by atomic mass is 10.2. The van der Waals surface area contributed by atoms with Crippen LogP contribution in [0.15, 0.2) is 16.9 Å². The van der Waals surface area contributed by atoms with Gasteiger partial charge in [-0.25, -0.2) is 4.79 Å². The predicted octanol–water partition coefficient (Wildman–Crippen LogP) is 0.134. The molecule has 0 unspecified atom stereocenters. The van der Waals surface area contributed by atoms with Crippen LogP contribution in [0.1, 0.15) is 13.8 Å². The number of hydrogen-bond donors (Lipinski definition) is 1. The maximum Gasteiger partial charge on any atom is 0.329 e. The van der Waals surface area contributed by atoms with Gasteiger partial charge in [-0.2, -0.15) is 0 Å². The normalized spacial score (nSPS) is 15.3. The van der Waals surface area contributed by atoms with Crippen molar-refractivity contribution in [2.75, 3.05) is 31.1 Å². The van der Waals surface area contributed by atoms with Crippen LogP contribution in [0.4, 0.5) is 11.4 Å². The number of aryl methyl sites for hydroxylation is 2. The van der Waals surface area contributed by atoms with Gasteiger partial charge >= 0.3 is 5.69 Å². The molecule has 1 fully saturated rings. The Hall–Kier alpha value is -2.35. The maximum atomic E-state index is 12.5. The van der Waals surface area contributed by atoms with Crippen molar-refractivity contribution in [1.29, 1.82) is 0 Å². The molecule has 0 bridgehead atoms. The molecule has 124 valence electrons. The van der Waals surface area contributed by atoms with Crippen molar-refractivity contribution in [2.24, 2.45) is 0 Å². The van der Waals surface area contributed by atoms with Crippen LogP contribution in [0, 0.1) is 10.1 Å². The van der Waals surface area contributed by atoms with E-state index in [0.29, 0.717) is 24.3 Å². The smallest absolute Gasteiger partial charge is 0.329 e. The first-order valence-electron chi connectivity index (χ1n) is 8.06. The fraction of sp³-hybridized carbons (Fsp3) is 0.533. The van der Waals surface area contributed by atoms with Gasteiger partial charge in [-0.15, -0.1) is 0 Å². The molecule has 8 heteroatoms. The Kier molecular flexibility index (Phi) is 4.08. The average molecular weight is 320 g/mol. The van der Waals surface area contributed by atoms with Crippen LogP contribution < -0.4 is 15.9 Å². The van der Waals surface area contributed by atoms with Crippen LogP contribution in [0.2, 0.25) is 0 Å². The molecule has 1 aromatic carbocycles. The number of rotatable bonds is 4. The molecule has 0 aliphatic carbocycles. The molecule has 1 aliphatic heterocycles. The highest BCUT2D eigenvalue weighted by Crippen LogP contribution is 2.33.